The number of methoxy groups -OCH3 is 2. The minimum absolute atomic E-state index is 0.00171. The van der Waals surface area contributed by atoms with Crippen LogP contribution in [0.1, 0.15) is 52.5 Å². The Hall–Kier alpha value is -4.02. The Morgan fingerprint density at radius 2 is 1.70 bits per heavy atom. The van der Waals surface area contributed by atoms with E-state index in [9.17, 15) is 18.3 Å². The van der Waals surface area contributed by atoms with Crippen LogP contribution in [0.3, 0.4) is 0 Å². The number of fused-ring (bicyclic) bond motifs is 1. The average molecular weight is 621 g/mol. The molecule has 0 aliphatic heterocycles. The van der Waals surface area contributed by atoms with Crippen molar-refractivity contribution in [3.63, 3.8) is 0 Å². The first-order chi connectivity index (χ1) is 21.1. The maximum atomic E-state index is 12.5. The van der Waals surface area contributed by atoms with Crippen molar-refractivity contribution in [2.24, 2.45) is 11.8 Å². The number of aromatic nitrogens is 1. The Kier molecular flexibility index (Phi) is 9.51. The molecule has 9 nitrogen and oxygen atoms in total. The first kappa shape index (κ1) is 31.4. The van der Waals surface area contributed by atoms with Gasteiger partial charge in [0.15, 0.2) is 0 Å². The summed E-state index contributed by atoms with van der Waals surface area (Å²) in [6.45, 7) is 4.12. The Balaban J connectivity index is 1.29. The molecule has 0 bridgehead atoms. The van der Waals surface area contributed by atoms with E-state index in [1.807, 2.05) is 42.1 Å². The third kappa shape index (κ3) is 7.19. The first-order valence-electron chi connectivity index (χ1n) is 14.8. The van der Waals surface area contributed by atoms with Crippen molar-refractivity contribution in [1.29, 1.82) is 0 Å². The quantitative estimate of drug-likeness (QED) is 0.208. The summed E-state index contributed by atoms with van der Waals surface area (Å²) in [5.74, 6) is 1.45. The number of hydrogen-bond acceptors (Lipinski definition) is 7. The molecule has 2 N–H and O–H groups in total. The van der Waals surface area contributed by atoms with Crippen molar-refractivity contribution in [3.8, 4) is 11.5 Å². The van der Waals surface area contributed by atoms with Crippen LogP contribution in [0.4, 0.5) is 0 Å². The van der Waals surface area contributed by atoms with Gasteiger partial charge in [-0.3, -0.25) is 4.79 Å². The predicted molar refractivity (Wildman–Crippen MR) is 166 cm³/mol. The van der Waals surface area contributed by atoms with Gasteiger partial charge in [0.1, 0.15) is 17.3 Å². The Labute approximate surface area is 258 Å². The molecule has 5 rings (SSSR count). The van der Waals surface area contributed by atoms with Crippen LogP contribution in [0.2, 0.25) is 0 Å². The second-order valence-electron chi connectivity index (χ2n) is 11.6. The molecule has 1 amide bonds. The van der Waals surface area contributed by atoms with E-state index in [-0.39, 0.29) is 17.4 Å². The molecule has 2 atom stereocenters. The topological polar surface area (TPSA) is 120 Å². The highest BCUT2D eigenvalue weighted by Crippen LogP contribution is 2.39. The number of furan rings is 1. The monoisotopic (exact) mass is 620 g/mol. The van der Waals surface area contributed by atoms with Gasteiger partial charge in [0, 0.05) is 36.8 Å². The molecule has 0 saturated carbocycles. The Bertz CT molecular complexity index is 1670. The summed E-state index contributed by atoms with van der Waals surface area (Å²) in [5.41, 5.74) is 5.25. The molecule has 2 aromatic carbocycles. The number of nitrogens with zero attached hydrogens (tertiary/aromatic N) is 1. The van der Waals surface area contributed by atoms with Crippen LogP contribution in [0.15, 0.2) is 76.5 Å². The normalized spacial score (nSPS) is 14.7. The number of aryl methyl sites for hydroxylation is 2. The van der Waals surface area contributed by atoms with E-state index in [1.54, 1.807) is 21.1 Å². The zero-order valence-corrected chi connectivity index (χ0v) is 26.4. The molecule has 234 valence electrons. The number of aliphatic hydroxyl groups is 1. The third-order valence-electron chi connectivity index (χ3n) is 8.46. The van der Waals surface area contributed by atoms with Crippen LogP contribution in [0, 0.1) is 25.7 Å². The smallest absolute Gasteiger partial charge is 0.297 e. The predicted octanol–water partition coefficient (Wildman–Crippen LogP) is 5.31. The van der Waals surface area contributed by atoms with Gasteiger partial charge < -0.3 is 23.6 Å². The lowest BCUT2D eigenvalue weighted by Gasteiger charge is -2.27. The van der Waals surface area contributed by atoms with E-state index in [2.05, 4.69) is 29.0 Å². The molecule has 0 saturated heterocycles. The second kappa shape index (κ2) is 13.3. The molecule has 10 heteroatoms. The van der Waals surface area contributed by atoms with E-state index in [0.29, 0.717) is 36.1 Å². The van der Waals surface area contributed by atoms with Gasteiger partial charge in [0.25, 0.3) is 10.0 Å². The molecule has 2 heterocycles. The van der Waals surface area contributed by atoms with Gasteiger partial charge in [-0.1, -0.05) is 24.3 Å². The number of carbonyl (C=O) groups excluding carboxylic acids is 1. The number of hydrogen-bond donors (Lipinski definition) is 2. The fourth-order valence-electron chi connectivity index (χ4n) is 6.19. The fourth-order valence-corrected chi connectivity index (χ4v) is 7.18. The lowest BCUT2D eigenvalue weighted by molar-refractivity contribution is -0.119. The van der Waals surface area contributed by atoms with E-state index in [4.69, 9.17) is 13.9 Å². The van der Waals surface area contributed by atoms with Crippen molar-refractivity contribution < 1.29 is 32.2 Å². The van der Waals surface area contributed by atoms with E-state index < -0.39 is 22.0 Å². The Morgan fingerprint density at radius 1 is 1.05 bits per heavy atom. The molecule has 44 heavy (non-hydrogen) atoms. The summed E-state index contributed by atoms with van der Waals surface area (Å²) in [6, 6.07) is 17.1. The maximum Gasteiger partial charge on any atom is 0.297 e. The fraction of sp³-hybridized carbons (Fsp3) is 0.382. The molecule has 1 aliphatic rings. The summed E-state index contributed by atoms with van der Waals surface area (Å²) in [7, 11) is -0.829. The average Bonchev–Trinajstić information content (AvgIpc) is 3.75. The van der Waals surface area contributed by atoms with Crippen LogP contribution in [-0.2, 0) is 40.6 Å². The second-order valence-corrected chi connectivity index (χ2v) is 13.3. The van der Waals surface area contributed by atoms with Gasteiger partial charge in [-0.25, -0.2) is 4.72 Å². The van der Waals surface area contributed by atoms with Crippen LogP contribution < -0.4 is 14.2 Å². The van der Waals surface area contributed by atoms with Gasteiger partial charge >= 0.3 is 0 Å². The van der Waals surface area contributed by atoms with E-state index in [0.717, 1.165) is 36.0 Å². The van der Waals surface area contributed by atoms with Crippen molar-refractivity contribution in [1.82, 2.24) is 9.29 Å². The summed E-state index contributed by atoms with van der Waals surface area (Å²) >= 11 is 0. The number of aliphatic hydroxyl groups excluding tert-OH is 1. The number of nitrogens with one attached hydrogen (secondary N) is 1. The SMILES string of the molecule is COc1cc([C@@H](O)[C@H](CC2Cc3ccccc3C2)Cn2ccc(CCC(=O)NS(=O)(=O)c3ccc(C)o3)c2)cc(OC)c1C. The highest BCUT2D eigenvalue weighted by molar-refractivity contribution is 7.89. The van der Waals surface area contributed by atoms with Crippen LogP contribution in [0.5, 0.6) is 11.5 Å². The highest BCUT2D eigenvalue weighted by Gasteiger charge is 2.30. The maximum absolute atomic E-state index is 12.5. The zero-order valence-electron chi connectivity index (χ0n) is 25.6. The highest BCUT2D eigenvalue weighted by atomic mass is 32.2. The lowest BCUT2D eigenvalue weighted by atomic mass is 9.85. The molecule has 0 spiro atoms. The minimum Gasteiger partial charge on any atom is -0.496 e. The molecule has 2 aromatic heterocycles. The molecule has 0 radical (unpaired) electrons. The van der Waals surface area contributed by atoms with Crippen molar-refractivity contribution in [3.05, 3.63) is 101 Å². The van der Waals surface area contributed by atoms with Gasteiger partial charge in [-0.2, -0.15) is 8.42 Å². The van der Waals surface area contributed by atoms with Gasteiger partial charge in [0.2, 0.25) is 11.0 Å². The summed E-state index contributed by atoms with van der Waals surface area (Å²) < 4.78 is 45.3. The number of benzene rings is 2. The largest absolute Gasteiger partial charge is 0.496 e. The van der Waals surface area contributed by atoms with E-state index >= 15 is 0 Å². The first-order valence-corrected chi connectivity index (χ1v) is 16.3. The Morgan fingerprint density at radius 3 is 2.30 bits per heavy atom. The molecule has 1 aliphatic carbocycles. The van der Waals surface area contributed by atoms with Gasteiger partial charge in [-0.05, 0) is 98.0 Å². The number of ether oxygens (including phenoxy) is 2. The van der Waals surface area contributed by atoms with Crippen molar-refractivity contribution in [2.45, 2.75) is 63.7 Å². The number of sulfonamides is 1. The number of carbonyl (C=O) groups is 1. The van der Waals surface area contributed by atoms with Gasteiger partial charge in [-0.15, -0.1) is 0 Å². The molecule has 0 fully saturated rings. The standard InChI is InChI=1S/C34H40N2O7S/c1-22-9-12-33(43-22)44(39,40)35-32(37)11-10-24-13-14-36(20-24)21-29(17-25-15-26-7-5-6-8-27(26)16-25)34(38)28-18-30(41-3)23(2)31(19-28)42-4/h5-9,12-14,18-20,25,29,34,38H,10-11,15-17,21H2,1-4H3,(H,35,37)/t29-,34-/m1/s1. The van der Waals surface area contributed by atoms with Gasteiger partial charge in [0.05, 0.1) is 20.3 Å². The summed E-state index contributed by atoms with van der Waals surface area (Å²) in [6.07, 6.45) is 6.26. The van der Waals surface area contributed by atoms with E-state index in [1.165, 1.54) is 23.3 Å². The third-order valence-corrected chi connectivity index (χ3v) is 9.71. The van der Waals surface area contributed by atoms with Crippen molar-refractivity contribution in [2.75, 3.05) is 14.2 Å². The van der Waals surface area contributed by atoms with Crippen molar-refractivity contribution >= 4 is 15.9 Å². The lowest BCUT2D eigenvalue weighted by Crippen LogP contribution is -2.30. The molecule has 0 unspecified atom stereocenters. The van der Waals surface area contributed by atoms with Crippen LogP contribution in [0.25, 0.3) is 0 Å². The summed E-state index contributed by atoms with van der Waals surface area (Å²) in [5, 5.41) is 11.5. The van der Waals surface area contributed by atoms with Crippen LogP contribution in [-0.4, -0.2) is 38.2 Å². The van der Waals surface area contributed by atoms with Crippen LogP contribution >= 0.6 is 0 Å². The number of rotatable bonds is 13. The molecule has 4 aromatic rings. The summed E-state index contributed by atoms with van der Waals surface area (Å²) in [4.78, 5) is 12.5. The molecular weight excluding hydrogens is 580 g/mol. The minimum atomic E-state index is -4.05. The number of amides is 1. The molecular formula is C34H40N2O7S. The zero-order chi connectivity index (χ0) is 31.4.